The molecule has 1 saturated heterocycles. The van der Waals surface area contributed by atoms with E-state index in [2.05, 4.69) is 6.08 Å². The van der Waals surface area contributed by atoms with Crippen LogP contribution in [0.5, 0.6) is 0 Å². The molecule has 15 heavy (non-hydrogen) atoms. The number of fused-ring (bicyclic) bond motifs is 1. The summed E-state index contributed by atoms with van der Waals surface area (Å²) in [6, 6.07) is 0. The second kappa shape index (κ2) is 4.33. The Morgan fingerprint density at radius 2 is 2.27 bits per heavy atom. The molecule has 84 valence electrons. The van der Waals surface area contributed by atoms with E-state index in [4.69, 9.17) is 4.74 Å². The van der Waals surface area contributed by atoms with Gasteiger partial charge in [0.2, 0.25) is 5.91 Å². The summed E-state index contributed by atoms with van der Waals surface area (Å²) in [4.78, 5) is 13.4. The maximum absolute atomic E-state index is 11.9. The van der Waals surface area contributed by atoms with Gasteiger partial charge in [0.25, 0.3) is 0 Å². The monoisotopic (exact) mass is 211 g/mol. The maximum Gasteiger partial charge on any atom is 0.230 e. The molecule has 0 radical (unpaired) electrons. The van der Waals surface area contributed by atoms with Crippen LogP contribution in [-0.2, 0) is 9.53 Å². The van der Waals surface area contributed by atoms with Gasteiger partial charge in [0.05, 0.1) is 0 Å². The Bertz CT molecular complexity index is 277. The number of hydrogen-bond donors (Lipinski definition) is 1. The minimum atomic E-state index is -0.240. The molecule has 1 aliphatic carbocycles. The van der Waals surface area contributed by atoms with Crippen LogP contribution in [0.1, 0.15) is 19.8 Å². The standard InChI is InChI=1S/C11H17NO3/c1-2-15-11-9-6-4-3-5-8(9)10(14)12(11)7-13/h3-4,8-9,11,13H,2,5-7H2,1H3/t8-,9+,11-/m1/s1. The minimum Gasteiger partial charge on any atom is -0.376 e. The zero-order valence-electron chi connectivity index (χ0n) is 8.93. The van der Waals surface area contributed by atoms with Crippen molar-refractivity contribution in [2.24, 2.45) is 11.8 Å². The number of allylic oxidation sites excluding steroid dienone is 2. The zero-order valence-corrected chi connectivity index (χ0v) is 8.93. The molecule has 3 atom stereocenters. The van der Waals surface area contributed by atoms with E-state index in [0.717, 1.165) is 12.8 Å². The summed E-state index contributed by atoms with van der Waals surface area (Å²) in [7, 11) is 0. The normalized spacial score (nSPS) is 34.7. The number of hydrogen-bond acceptors (Lipinski definition) is 3. The van der Waals surface area contributed by atoms with Gasteiger partial charge in [-0.25, -0.2) is 0 Å². The van der Waals surface area contributed by atoms with Crippen LogP contribution in [-0.4, -0.2) is 35.5 Å². The van der Waals surface area contributed by atoms with Crippen molar-refractivity contribution in [3.63, 3.8) is 0 Å². The Balaban J connectivity index is 2.19. The van der Waals surface area contributed by atoms with Crippen molar-refractivity contribution >= 4 is 5.91 Å². The molecule has 4 nitrogen and oxygen atoms in total. The second-order valence-corrected chi connectivity index (χ2v) is 4.01. The van der Waals surface area contributed by atoms with E-state index in [-0.39, 0.29) is 30.7 Å². The van der Waals surface area contributed by atoms with Gasteiger partial charge in [-0.05, 0) is 19.8 Å². The Morgan fingerprint density at radius 3 is 2.93 bits per heavy atom. The van der Waals surface area contributed by atoms with Crippen molar-refractivity contribution in [1.82, 2.24) is 4.90 Å². The zero-order chi connectivity index (χ0) is 10.8. The summed E-state index contributed by atoms with van der Waals surface area (Å²) in [6.07, 6.45) is 5.56. The average Bonchev–Trinajstić information content (AvgIpc) is 2.54. The van der Waals surface area contributed by atoms with Gasteiger partial charge in [0.15, 0.2) is 0 Å². The summed E-state index contributed by atoms with van der Waals surface area (Å²) in [5, 5.41) is 9.19. The number of carbonyl (C=O) groups excluding carboxylic acids is 1. The molecule has 4 heteroatoms. The number of carbonyl (C=O) groups is 1. The van der Waals surface area contributed by atoms with Crippen LogP contribution in [0.2, 0.25) is 0 Å². The van der Waals surface area contributed by atoms with Crippen LogP contribution in [0, 0.1) is 11.8 Å². The van der Waals surface area contributed by atoms with Crippen molar-refractivity contribution < 1.29 is 14.6 Å². The van der Waals surface area contributed by atoms with E-state index in [1.54, 1.807) is 0 Å². The molecular weight excluding hydrogens is 194 g/mol. The second-order valence-electron chi connectivity index (χ2n) is 4.01. The fourth-order valence-electron chi connectivity index (χ4n) is 2.54. The molecule has 1 fully saturated rings. The molecule has 0 spiro atoms. The number of rotatable bonds is 3. The van der Waals surface area contributed by atoms with Gasteiger partial charge in [-0.2, -0.15) is 0 Å². The van der Waals surface area contributed by atoms with E-state index in [1.165, 1.54) is 4.90 Å². The highest BCUT2D eigenvalue weighted by Crippen LogP contribution is 2.38. The van der Waals surface area contributed by atoms with Crippen LogP contribution in [0.4, 0.5) is 0 Å². The molecule has 0 saturated carbocycles. The quantitative estimate of drug-likeness (QED) is 0.700. The van der Waals surface area contributed by atoms with E-state index in [0.29, 0.717) is 6.61 Å². The average molecular weight is 211 g/mol. The molecule has 0 bridgehead atoms. The number of amides is 1. The lowest BCUT2D eigenvalue weighted by Crippen LogP contribution is -2.38. The van der Waals surface area contributed by atoms with Gasteiger partial charge < -0.3 is 9.84 Å². The molecule has 0 aromatic rings. The summed E-state index contributed by atoms with van der Waals surface area (Å²) >= 11 is 0. The molecular formula is C11H17NO3. The third kappa shape index (κ3) is 1.68. The number of nitrogens with zero attached hydrogens (tertiary/aromatic N) is 1. The molecule has 1 aliphatic heterocycles. The molecule has 1 N–H and O–H groups in total. The lowest BCUT2D eigenvalue weighted by Gasteiger charge is -2.26. The van der Waals surface area contributed by atoms with E-state index < -0.39 is 0 Å². The van der Waals surface area contributed by atoms with Gasteiger partial charge >= 0.3 is 0 Å². The van der Waals surface area contributed by atoms with Crippen molar-refractivity contribution in [3.8, 4) is 0 Å². The topological polar surface area (TPSA) is 49.8 Å². The first-order valence-corrected chi connectivity index (χ1v) is 5.47. The highest BCUT2D eigenvalue weighted by atomic mass is 16.5. The highest BCUT2D eigenvalue weighted by molar-refractivity contribution is 5.82. The molecule has 1 amide bonds. The summed E-state index contributed by atoms with van der Waals surface area (Å²) in [5.41, 5.74) is 0. The van der Waals surface area contributed by atoms with Crippen LogP contribution in [0.3, 0.4) is 0 Å². The fraction of sp³-hybridized carbons (Fsp3) is 0.727. The number of aliphatic hydroxyl groups is 1. The molecule has 0 aromatic carbocycles. The van der Waals surface area contributed by atoms with Crippen molar-refractivity contribution in [2.75, 3.05) is 13.3 Å². The third-order valence-corrected chi connectivity index (χ3v) is 3.25. The van der Waals surface area contributed by atoms with Crippen LogP contribution < -0.4 is 0 Å². The lowest BCUT2D eigenvalue weighted by molar-refractivity contribution is -0.145. The van der Waals surface area contributed by atoms with Crippen molar-refractivity contribution in [3.05, 3.63) is 12.2 Å². The minimum absolute atomic E-state index is 0.0127. The number of ether oxygens (including phenoxy) is 1. The molecule has 2 rings (SSSR count). The Morgan fingerprint density at radius 1 is 1.53 bits per heavy atom. The fourth-order valence-corrected chi connectivity index (χ4v) is 2.54. The Labute approximate surface area is 89.5 Å². The predicted molar refractivity (Wildman–Crippen MR) is 54.7 cm³/mol. The number of likely N-dealkylation sites (tertiary alicyclic amines) is 1. The van der Waals surface area contributed by atoms with Crippen molar-refractivity contribution in [2.45, 2.75) is 26.0 Å². The first kappa shape index (κ1) is 10.6. The highest BCUT2D eigenvalue weighted by Gasteiger charge is 2.47. The van der Waals surface area contributed by atoms with E-state index in [9.17, 15) is 9.90 Å². The first-order chi connectivity index (χ1) is 7.29. The van der Waals surface area contributed by atoms with Crippen LogP contribution in [0.15, 0.2) is 12.2 Å². The van der Waals surface area contributed by atoms with Gasteiger partial charge in [0.1, 0.15) is 13.0 Å². The van der Waals surface area contributed by atoms with E-state index >= 15 is 0 Å². The summed E-state index contributed by atoms with van der Waals surface area (Å²) in [6.45, 7) is 2.24. The van der Waals surface area contributed by atoms with Crippen molar-refractivity contribution in [1.29, 1.82) is 0 Å². The Kier molecular flexibility index (Phi) is 3.07. The lowest BCUT2D eigenvalue weighted by atomic mass is 9.85. The smallest absolute Gasteiger partial charge is 0.230 e. The number of aliphatic hydroxyl groups excluding tert-OH is 1. The van der Waals surface area contributed by atoms with Gasteiger partial charge in [-0.3, -0.25) is 9.69 Å². The van der Waals surface area contributed by atoms with E-state index in [1.807, 2.05) is 13.0 Å². The maximum atomic E-state index is 11.9. The predicted octanol–water partition coefficient (Wildman–Crippen LogP) is 0.723. The Hall–Kier alpha value is -0.870. The summed E-state index contributed by atoms with van der Waals surface area (Å²) in [5.74, 6) is 0.263. The third-order valence-electron chi connectivity index (χ3n) is 3.25. The largest absolute Gasteiger partial charge is 0.376 e. The van der Waals surface area contributed by atoms with Crippen LogP contribution in [0.25, 0.3) is 0 Å². The molecule has 2 aliphatic rings. The molecule has 0 unspecified atom stereocenters. The van der Waals surface area contributed by atoms with Gasteiger partial charge in [0, 0.05) is 18.4 Å². The SMILES string of the molecule is CCO[C@@H]1[C@H]2CC=CC[C@H]2C(=O)N1CO. The molecule has 1 heterocycles. The van der Waals surface area contributed by atoms with Crippen LogP contribution >= 0.6 is 0 Å². The summed E-state index contributed by atoms with van der Waals surface area (Å²) < 4.78 is 5.56. The molecule has 0 aromatic heterocycles. The van der Waals surface area contributed by atoms with Gasteiger partial charge in [-0.15, -0.1) is 0 Å². The first-order valence-electron chi connectivity index (χ1n) is 5.47. The van der Waals surface area contributed by atoms with Gasteiger partial charge in [-0.1, -0.05) is 12.2 Å².